The van der Waals surface area contributed by atoms with Crippen molar-refractivity contribution in [1.82, 2.24) is 10.2 Å². The SMILES string of the molecule is CCCN(CC)C(=O)c1ccc(C(=O)Nc2ccc3c(c2F)CCNC3)cc1.Cl. The van der Waals surface area contributed by atoms with Crippen LogP contribution in [0.5, 0.6) is 0 Å². The van der Waals surface area contributed by atoms with Gasteiger partial charge in [-0.1, -0.05) is 13.0 Å². The molecule has 0 aliphatic carbocycles. The van der Waals surface area contributed by atoms with Gasteiger partial charge < -0.3 is 15.5 Å². The third-order valence-electron chi connectivity index (χ3n) is 5.01. The molecule has 2 aromatic rings. The van der Waals surface area contributed by atoms with Gasteiger partial charge in [-0.3, -0.25) is 9.59 Å². The molecule has 0 spiro atoms. The first-order valence-corrected chi connectivity index (χ1v) is 9.76. The molecule has 29 heavy (non-hydrogen) atoms. The number of hydrogen-bond acceptors (Lipinski definition) is 3. The highest BCUT2D eigenvalue weighted by atomic mass is 35.5. The normalized spacial score (nSPS) is 12.5. The number of anilines is 1. The van der Waals surface area contributed by atoms with E-state index in [0.717, 1.165) is 18.5 Å². The summed E-state index contributed by atoms with van der Waals surface area (Å²) in [6.07, 6.45) is 1.50. The zero-order valence-electron chi connectivity index (χ0n) is 16.8. The Labute approximate surface area is 177 Å². The van der Waals surface area contributed by atoms with E-state index in [4.69, 9.17) is 0 Å². The van der Waals surface area contributed by atoms with Crippen LogP contribution in [-0.2, 0) is 13.0 Å². The molecule has 2 N–H and O–H groups in total. The average Bonchev–Trinajstić information content (AvgIpc) is 2.73. The number of rotatable bonds is 6. The molecule has 7 heteroatoms. The summed E-state index contributed by atoms with van der Waals surface area (Å²) in [6.45, 7) is 6.68. The number of benzene rings is 2. The van der Waals surface area contributed by atoms with Crippen molar-refractivity contribution in [3.63, 3.8) is 0 Å². The van der Waals surface area contributed by atoms with E-state index in [1.807, 2.05) is 19.9 Å². The minimum absolute atomic E-state index is 0. The van der Waals surface area contributed by atoms with Gasteiger partial charge in [0.1, 0.15) is 5.82 Å². The Bertz CT molecular complexity index is 871. The van der Waals surface area contributed by atoms with Gasteiger partial charge in [-0.05, 0) is 67.8 Å². The first-order valence-electron chi connectivity index (χ1n) is 9.76. The van der Waals surface area contributed by atoms with Crippen LogP contribution in [0.3, 0.4) is 0 Å². The summed E-state index contributed by atoms with van der Waals surface area (Å²) in [4.78, 5) is 26.8. The van der Waals surface area contributed by atoms with Crippen LogP contribution in [0.4, 0.5) is 10.1 Å². The molecular formula is C22H27ClFN3O2. The van der Waals surface area contributed by atoms with Crippen molar-refractivity contribution in [3.8, 4) is 0 Å². The van der Waals surface area contributed by atoms with E-state index in [9.17, 15) is 14.0 Å². The molecule has 0 radical (unpaired) electrons. The molecule has 0 unspecified atom stereocenters. The predicted molar refractivity (Wildman–Crippen MR) is 115 cm³/mol. The Balaban J connectivity index is 0.00000300. The third-order valence-corrected chi connectivity index (χ3v) is 5.01. The molecule has 0 atom stereocenters. The lowest BCUT2D eigenvalue weighted by molar-refractivity contribution is 0.0764. The van der Waals surface area contributed by atoms with Gasteiger partial charge in [-0.2, -0.15) is 0 Å². The van der Waals surface area contributed by atoms with Gasteiger partial charge in [-0.25, -0.2) is 4.39 Å². The standard InChI is InChI=1S/C22H26FN3O2.ClH/c1-3-13-26(4-2)22(28)16-7-5-15(6-8-16)21(27)25-19-10-9-17-14-24-12-11-18(17)20(19)23;/h5-10,24H,3-4,11-14H2,1-2H3,(H,25,27);1H. The average molecular weight is 420 g/mol. The minimum Gasteiger partial charge on any atom is -0.339 e. The fourth-order valence-electron chi connectivity index (χ4n) is 3.44. The molecule has 1 aliphatic heterocycles. The first-order chi connectivity index (χ1) is 13.5. The summed E-state index contributed by atoms with van der Waals surface area (Å²) in [5.41, 5.74) is 2.70. The summed E-state index contributed by atoms with van der Waals surface area (Å²) >= 11 is 0. The summed E-state index contributed by atoms with van der Waals surface area (Å²) in [5.74, 6) is -0.810. The number of amides is 2. The minimum atomic E-state index is -0.396. The van der Waals surface area contributed by atoms with E-state index in [-0.39, 0.29) is 29.8 Å². The van der Waals surface area contributed by atoms with Crippen molar-refractivity contribution in [2.75, 3.05) is 25.0 Å². The maximum Gasteiger partial charge on any atom is 0.255 e. The Morgan fingerprint density at radius 2 is 1.79 bits per heavy atom. The lowest BCUT2D eigenvalue weighted by atomic mass is 9.99. The van der Waals surface area contributed by atoms with Crippen molar-refractivity contribution >= 4 is 29.9 Å². The van der Waals surface area contributed by atoms with E-state index in [0.29, 0.717) is 42.7 Å². The fraction of sp³-hybridized carbons (Fsp3) is 0.364. The van der Waals surface area contributed by atoms with Gasteiger partial charge in [0.2, 0.25) is 0 Å². The molecule has 2 aromatic carbocycles. The topological polar surface area (TPSA) is 61.4 Å². The van der Waals surface area contributed by atoms with Crippen LogP contribution in [-0.4, -0.2) is 36.3 Å². The maximum atomic E-state index is 14.7. The molecular weight excluding hydrogens is 393 g/mol. The lowest BCUT2D eigenvalue weighted by Crippen LogP contribution is -2.31. The fourth-order valence-corrected chi connectivity index (χ4v) is 3.44. The Kier molecular flexibility index (Phi) is 8.17. The van der Waals surface area contributed by atoms with Crippen LogP contribution in [0.15, 0.2) is 36.4 Å². The second kappa shape index (κ2) is 10.4. The lowest BCUT2D eigenvalue weighted by Gasteiger charge is -2.20. The molecule has 5 nitrogen and oxygen atoms in total. The molecule has 0 fully saturated rings. The zero-order valence-corrected chi connectivity index (χ0v) is 17.6. The number of carbonyl (C=O) groups is 2. The Hall–Kier alpha value is -2.44. The number of nitrogens with zero attached hydrogens (tertiary/aromatic N) is 1. The van der Waals surface area contributed by atoms with Crippen LogP contribution >= 0.6 is 12.4 Å². The highest BCUT2D eigenvalue weighted by molar-refractivity contribution is 6.05. The summed E-state index contributed by atoms with van der Waals surface area (Å²) in [7, 11) is 0. The van der Waals surface area contributed by atoms with Gasteiger partial charge >= 0.3 is 0 Å². The van der Waals surface area contributed by atoms with Gasteiger partial charge in [0, 0.05) is 30.8 Å². The molecule has 2 amide bonds. The van der Waals surface area contributed by atoms with Gasteiger partial charge in [0.25, 0.3) is 11.8 Å². The summed E-state index contributed by atoms with van der Waals surface area (Å²) in [5, 5.41) is 5.85. The molecule has 0 aromatic heterocycles. The van der Waals surface area contributed by atoms with Crippen molar-refractivity contribution in [2.24, 2.45) is 0 Å². The number of fused-ring (bicyclic) bond motifs is 1. The van der Waals surface area contributed by atoms with E-state index >= 15 is 0 Å². The van der Waals surface area contributed by atoms with Gasteiger partial charge in [0.15, 0.2) is 0 Å². The maximum absolute atomic E-state index is 14.7. The number of carbonyl (C=O) groups excluding carboxylic acids is 2. The summed E-state index contributed by atoms with van der Waals surface area (Å²) < 4.78 is 14.7. The molecule has 156 valence electrons. The predicted octanol–water partition coefficient (Wildman–Crippen LogP) is 4.02. The molecule has 0 saturated carbocycles. The van der Waals surface area contributed by atoms with Crippen molar-refractivity contribution in [1.29, 1.82) is 0 Å². The molecule has 0 bridgehead atoms. The number of nitrogens with one attached hydrogen (secondary N) is 2. The van der Waals surface area contributed by atoms with Crippen LogP contribution in [0.1, 0.15) is 52.1 Å². The number of halogens is 2. The quantitative estimate of drug-likeness (QED) is 0.743. The third kappa shape index (κ3) is 5.14. The Morgan fingerprint density at radius 1 is 1.10 bits per heavy atom. The van der Waals surface area contributed by atoms with E-state index in [1.165, 1.54) is 0 Å². The molecule has 1 aliphatic rings. The van der Waals surface area contributed by atoms with Crippen LogP contribution < -0.4 is 10.6 Å². The smallest absolute Gasteiger partial charge is 0.255 e. The van der Waals surface area contributed by atoms with E-state index in [1.54, 1.807) is 35.2 Å². The second-order valence-electron chi connectivity index (χ2n) is 6.91. The van der Waals surface area contributed by atoms with Crippen LogP contribution in [0, 0.1) is 5.82 Å². The van der Waals surface area contributed by atoms with Crippen LogP contribution in [0.2, 0.25) is 0 Å². The highest BCUT2D eigenvalue weighted by Crippen LogP contribution is 2.25. The summed E-state index contributed by atoms with van der Waals surface area (Å²) in [6, 6.07) is 9.93. The van der Waals surface area contributed by atoms with Gasteiger partial charge in [0.05, 0.1) is 5.69 Å². The van der Waals surface area contributed by atoms with Crippen LogP contribution in [0.25, 0.3) is 0 Å². The molecule has 3 rings (SSSR count). The van der Waals surface area contributed by atoms with Crippen molar-refractivity contribution in [3.05, 3.63) is 64.5 Å². The van der Waals surface area contributed by atoms with E-state index < -0.39 is 5.91 Å². The largest absolute Gasteiger partial charge is 0.339 e. The van der Waals surface area contributed by atoms with Crippen molar-refractivity contribution in [2.45, 2.75) is 33.2 Å². The van der Waals surface area contributed by atoms with Gasteiger partial charge in [-0.15, -0.1) is 12.4 Å². The first kappa shape index (κ1) is 22.8. The van der Waals surface area contributed by atoms with E-state index in [2.05, 4.69) is 10.6 Å². The molecule has 0 saturated heterocycles. The zero-order chi connectivity index (χ0) is 20.1. The second-order valence-corrected chi connectivity index (χ2v) is 6.91. The monoisotopic (exact) mass is 419 g/mol. The number of hydrogen-bond donors (Lipinski definition) is 2. The van der Waals surface area contributed by atoms with Crippen molar-refractivity contribution < 1.29 is 14.0 Å². The Morgan fingerprint density at radius 3 is 2.45 bits per heavy atom. The molecule has 1 heterocycles. The highest BCUT2D eigenvalue weighted by Gasteiger charge is 2.18.